The van der Waals surface area contributed by atoms with E-state index in [9.17, 15) is 8.42 Å². The fraction of sp³-hybridized carbons (Fsp3) is 0.304. The molecule has 0 spiro atoms. The summed E-state index contributed by atoms with van der Waals surface area (Å²) in [6, 6.07) is 14.4. The number of morpholine rings is 1. The molecule has 0 aliphatic carbocycles. The van der Waals surface area contributed by atoms with Crippen molar-refractivity contribution in [3.8, 4) is 17.0 Å². The molecule has 1 aliphatic rings. The minimum absolute atomic E-state index is 0.141. The predicted octanol–water partition coefficient (Wildman–Crippen LogP) is 4.06. The van der Waals surface area contributed by atoms with E-state index in [-0.39, 0.29) is 17.1 Å². The highest BCUT2D eigenvalue weighted by molar-refractivity contribution is 7.89. The van der Waals surface area contributed by atoms with E-state index in [1.165, 1.54) is 15.6 Å². The van der Waals surface area contributed by atoms with Gasteiger partial charge in [-0.15, -0.1) is 11.3 Å². The van der Waals surface area contributed by atoms with Gasteiger partial charge in [-0.1, -0.05) is 12.1 Å². The summed E-state index contributed by atoms with van der Waals surface area (Å²) in [7, 11) is -2.00. The van der Waals surface area contributed by atoms with Gasteiger partial charge in [-0.2, -0.15) is 9.41 Å². The van der Waals surface area contributed by atoms with Crippen LogP contribution >= 0.6 is 11.3 Å². The minimum atomic E-state index is -3.62. The smallest absolute Gasteiger partial charge is 0.243 e. The summed E-state index contributed by atoms with van der Waals surface area (Å²) in [5.41, 5.74) is 5.26. The van der Waals surface area contributed by atoms with E-state index in [0.717, 1.165) is 16.9 Å². The molecule has 1 fully saturated rings. The summed E-state index contributed by atoms with van der Waals surface area (Å²) in [6.07, 6.45) is 1.41. The Balaban J connectivity index is 1.47. The van der Waals surface area contributed by atoms with Crippen molar-refractivity contribution >= 4 is 32.7 Å². The molecule has 8 nitrogen and oxygen atoms in total. The molecular formula is C23H26N4O4S2. The van der Waals surface area contributed by atoms with E-state index in [1.54, 1.807) is 31.5 Å². The number of nitrogens with one attached hydrogen (secondary N) is 1. The molecule has 3 aromatic rings. The summed E-state index contributed by atoms with van der Waals surface area (Å²) >= 11 is 1.40. The van der Waals surface area contributed by atoms with Gasteiger partial charge >= 0.3 is 0 Å². The van der Waals surface area contributed by atoms with E-state index >= 15 is 0 Å². The summed E-state index contributed by atoms with van der Waals surface area (Å²) in [6.45, 7) is 4.45. The van der Waals surface area contributed by atoms with Crippen molar-refractivity contribution in [2.45, 2.75) is 31.0 Å². The summed E-state index contributed by atoms with van der Waals surface area (Å²) in [5.74, 6) is 0.784. The second-order valence-electron chi connectivity index (χ2n) is 7.79. The van der Waals surface area contributed by atoms with Gasteiger partial charge < -0.3 is 9.47 Å². The Morgan fingerprint density at radius 3 is 2.61 bits per heavy atom. The number of benzene rings is 2. The Bertz CT molecular complexity index is 1220. The Kier molecular flexibility index (Phi) is 7.08. The Labute approximate surface area is 197 Å². The van der Waals surface area contributed by atoms with E-state index in [1.807, 2.05) is 49.6 Å². The topological polar surface area (TPSA) is 93.1 Å². The Hall–Kier alpha value is -2.79. The monoisotopic (exact) mass is 486 g/mol. The van der Waals surface area contributed by atoms with Crippen molar-refractivity contribution in [3.63, 3.8) is 0 Å². The normalized spacial score (nSPS) is 19.6. The molecule has 1 aromatic heterocycles. The van der Waals surface area contributed by atoms with Crippen molar-refractivity contribution in [3.05, 3.63) is 59.5 Å². The maximum atomic E-state index is 13.2. The molecule has 1 saturated heterocycles. The van der Waals surface area contributed by atoms with Crippen LogP contribution in [0.5, 0.6) is 5.75 Å². The predicted molar refractivity (Wildman–Crippen MR) is 131 cm³/mol. The molecular weight excluding hydrogens is 460 g/mol. The highest BCUT2D eigenvalue weighted by Crippen LogP contribution is 2.28. The fourth-order valence-corrected chi connectivity index (χ4v) is 5.91. The molecule has 0 radical (unpaired) electrons. The molecule has 2 unspecified atom stereocenters. The number of aromatic nitrogens is 1. The second-order valence-corrected chi connectivity index (χ2v) is 10.6. The van der Waals surface area contributed by atoms with Crippen LogP contribution < -0.4 is 10.2 Å². The van der Waals surface area contributed by atoms with Crippen molar-refractivity contribution < 1.29 is 17.9 Å². The minimum Gasteiger partial charge on any atom is -0.497 e. The Morgan fingerprint density at radius 2 is 1.91 bits per heavy atom. The van der Waals surface area contributed by atoms with Gasteiger partial charge in [0, 0.05) is 24.0 Å². The zero-order chi connectivity index (χ0) is 23.4. The standard InChI is InChI=1S/C23H26N4O4S2/c1-16-13-27(14-17(2)31-16)33(28,29)21-6-4-5-19(11-21)22-15-32-23(25-22)26-24-12-18-7-9-20(30-3)10-8-18/h4-12,15-17H,13-14H2,1-3H3,(H,25,26). The van der Waals surface area contributed by atoms with Crippen LogP contribution in [0.4, 0.5) is 5.13 Å². The molecule has 174 valence electrons. The molecule has 1 N–H and O–H groups in total. The molecule has 2 heterocycles. The van der Waals surface area contributed by atoms with Gasteiger partial charge in [0.25, 0.3) is 0 Å². The number of rotatable bonds is 7. The van der Waals surface area contributed by atoms with E-state index < -0.39 is 10.0 Å². The van der Waals surface area contributed by atoms with E-state index in [2.05, 4.69) is 15.5 Å². The van der Waals surface area contributed by atoms with Crippen LogP contribution in [-0.2, 0) is 14.8 Å². The molecule has 0 bridgehead atoms. The number of hydrogen-bond acceptors (Lipinski definition) is 8. The molecule has 10 heteroatoms. The van der Waals surface area contributed by atoms with Crippen molar-refractivity contribution in [2.24, 2.45) is 5.10 Å². The van der Waals surface area contributed by atoms with Crippen LogP contribution in [-0.4, -0.2) is 56.3 Å². The number of sulfonamides is 1. The van der Waals surface area contributed by atoms with Crippen molar-refractivity contribution in [1.82, 2.24) is 9.29 Å². The molecule has 2 aromatic carbocycles. The first kappa shape index (κ1) is 23.4. The number of nitrogens with zero attached hydrogens (tertiary/aromatic N) is 3. The van der Waals surface area contributed by atoms with Crippen molar-refractivity contribution in [2.75, 3.05) is 25.6 Å². The molecule has 0 saturated carbocycles. The third-order valence-electron chi connectivity index (χ3n) is 5.15. The van der Waals surface area contributed by atoms with Gasteiger partial charge in [0.15, 0.2) is 0 Å². The molecule has 33 heavy (non-hydrogen) atoms. The first-order valence-electron chi connectivity index (χ1n) is 10.5. The number of hydrazone groups is 1. The summed E-state index contributed by atoms with van der Waals surface area (Å²) in [4.78, 5) is 4.80. The number of methoxy groups -OCH3 is 1. The number of thiazole rings is 1. The molecule has 0 amide bonds. The zero-order valence-electron chi connectivity index (χ0n) is 18.6. The largest absolute Gasteiger partial charge is 0.497 e. The van der Waals surface area contributed by atoms with Crippen LogP contribution in [0.25, 0.3) is 11.3 Å². The van der Waals surface area contributed by atoms with E-state index in [4.69, 9.17) is 9.47 Å². The van der Waals surface area contributed by atoms with E-state index in [0.29, 0.717) is 23.9 Å². The zero-order valence-corrected chi connectivity index (χ0v) is 20.3. The summed E-state index contributed by atoms with van der Waals surface area (Å²) in [5, 5.41) is 6.71. The molecule has 2 atom stereocenters. The van der Waals surface area contributed by atoms with Gasteiger partial charge in [0.2, 0.25) is 15.2 Å². The third kappa shape index (κ3) is 5.59. The average molecular weight is 487 g/mol. The number of ether oxygens (including phenoxy) is 2. The second kappa shape index (κ2) is 10.0. The average Bonchev–Trinajstić information content (AvgIpc) is 3.28. The lowest BCUT2D eigenvalue weighted by Gasteiger charge is -2.34. The first-order valence-corrected chi connectivity index (χ1v) is 12.8. The number of anilines is 1. The van der Waals surface area contributed by atoms with Gasteiger partial charge in [0.1, 0.15) is 5.75 Å². The van der Waals surface area contributed by atoms with Crippen LogP contribution in [0.1, 0.15) is 19.4 Å². The quantitative estimate of drug-likeness (QED) is 0.400. The lowest BCUT2D eigenvalue weighted by atomic mass is 10.2. The Morgan fingerprint density at radius 1 is 1.18 bits per heavy atom. The highest BCUT2D eigenvalue weighted by atomic mass is 32.2. The fourth-order valence-electron chi connectivity index (χ4n) is 3.60. The third-order valence-corrected chi connectivity index (χ3v) is 7.72. The van der Waals surface area contributed by atoms with Crippen LogP contribution in [0.3, 0.4) is 0 Å². The maximum Gasteiger partial charge on any atom is 0.243 e. The van der Waals surface area contributed by atoms with Crippen LogP contribution in [0.2, 0.25) is 0 Å². The van der Waals surface area contributed by atoms with Crippen LogP contribution in [0.15, 0.2) is 63.9 Å². The first-order chi connectivity index (χ1) is 15.8. The van der Waals surface area contributed by atoms with Crippen molar-refractivity contribution in [1.29, 1.82) is 0 Å². The van der Waals surface area contributed by atoms with Crippen LogP contribution in [0, 0.1) is 0 Å². The summed E-state index contributed by atoms with van der Waals surface area (Å²) < 4.78 is 38.7. The van der Waals surface area contributed by atoms with Gasteiger partial charge in [0.05, 0.1) is 36.1 Å². The molecule has 4 rings (SSSR count). The number of hydrogen-bond donors (Lipinski definition) is 1. The lowest BCUT2D eigenvalue weighted by molar-refractivity contribution is -0.0440. The van der Waals surface area contributed by atoms with Gasteiger partial charge in [-0.05, 0) is 55.8 Å². The van der Waals surface area contributed by atoms with Gasteiger partial charge in [-0.25, -0.2) is 13.4 Å². The lowest BCUT2D eigenvalue weighted by Crippen LogP contribution is -2.48. The SMILES string of the molecule is COc1ccc(C=NNc2nc(-c3cccc(S(=O)(=O)N4CC(C)OC(C)C4)c3)cs2)cc1. The van der Waals surface area contributed by atoms with Gasteiger partial charge in [-0.3, -0.25) is 5.43 Å². The maximum absolute atomic E-state index is 13.2. The molecule has 1 aliphatic heterocycles. The highest BCUT2D eigenvalue weighted by Gasteiger charge is 2.32.